The van der Waals surface area contributed by atoms with Crippen LogP contribution in [0.15, 0.2) is 53.1 Å². The molecule has 1 aliphatic carbocycles. The van der Waals surface area contributed by atoms with Crippen molar-refractivity contribution in [3.63, 3.8) is 0 Å². The number of benzene rings is 2. The summed E-state index contributed by atoms with van der Waals surface area (Å²) in [5, 5.41) is 4.62. The molecule has 0 bridgehead atoms. The Bertz CT molecular complexity index is 1020. The maximum absolute atomic E-state index is 12.6. The Labute approximate surface area is 152 Å². The first-order chi connectivity index (χ1) is 12.5. The summed E-state index contributed by atoms with van der Waals surface area (Å²) >= 11 is 0. The third-order valence-electron chi connectivity index (χ3n) is 4.97. The van der Waals surface area contributed by atoms with E-state index in [0.29, 0.717) is 29.5 Å². The molecule has 0 atom stereocenters. The molecular formula is C19H20N2O4S. The number of nitrogens with one attached hydrogen (secondary N) is 1. The van der Waals surface area contributed by atoms with Crippen LogP contribution in [0.2, 0.25) is 0 Å². The first kappa shape index (κ1) is 17.2. The van der Waals surface area contributed by atoms with Crippen molar-refractivity contribution in [3.05, 3.63) is 65.4 Å². The topological polar surface area (TPSA) is 81.4 Å². The monoisotopic (exact) mass is 372 g/mol. The highest BCUT2D eigenvalue weighted by molar-refractivity contribution is 7.88. The fourth-order valence-corrected chi connectivity index (χ4v) is 4.67. The van der Waals surface area contributed by atoms with Gasteiger partial charge in [0.1, 0.15) is 11.4 Å². The lowest BCUT2D eigenvalue weighted by Crippen LogP contribution is -2.45. The fraction of sp³-hybridized carbons (Fsp3) is 0.316. The minimum Gasteiger partial charge on any atom is -0.376 e. The van der Waals surface area contributed by atoms with Gasteiger partial charge in [-0.25, -0.2) is 13.1 Å². The molecule has 0 fully saturated rings. The van der Waals surface area contributed by atoms with Crippen LogP contribution in [-0.4, -0.2) is 32.8 Å². The van der Waals surface area contributed by atoms with Crippen LogP contribution in [0.5, 0.6) is 0 Å². The van der Waals surface area contributed by atoms with Crippen LogP contribution in [0, 0.1) is 0 Å². The quantitative estimate of drug-likeness (QED) is 0.719. The Hall–Kier alpha value is -2.22. The molecule has 2 aromatic carbocycles. The van der Waals surface area contributed by atoms with Crippen LogP contribution in [0.25, 0.3) is 11.0 Å². The fourth-order valence-electron chi connectivity index (χ4n) is 3.52. The summed E-state index contributed by atoms with van der Waals surface area (Å²) in [6.45, 7) is 0.219. The number of nitrogens with zero attached hydrogens (tertiary/aromatic N) is 1. The van der Waals surface area contributed by atoms with E-state index in [4.69, 9.17) is 9.26 Å². The van der Waals surface area contributed by atoms with Gasteiger partial charge in [0.25, 0.3) is 0 Å². The van der Waals surface area contributed by atoms with Crippen LogP contribution in [0.4, 0.5) is 0 Å². The van der Waals surface area contributed by atoms with Gasteiger partial charge in [0.05, 0.1) is 5.60 Å². The van der Waals surface area contributed by atoms with Gasteiger partial charge >= 0.3 is 0 Å². The number of fused-ring (bicyclic) bond motifs is 2. The molecule has 0 saturated heterocycles. The molecule has 7 heteroatoms. The van der Waals surface area contributed by atoms with E-state index in [1.807, 2.05) is 24.3 Å². The zero-order chi connectivity index (χ0) is 18.2. The highest BCUT2D eigenvalue weighted by atomic mass is 32.2. The molecule has 0 aliphatic heterocycles. The molecule has 6 nitrogen and oxygen atoms in total. The summed E-state index contributed by atoms with van der Waals surface area (Å²) in [7, 11) is -1.94. The summed E-state index contributed by atoms with van der Waals surface area (Å²) in [6, 6.07) is 15.3. The van der Waals surface area contributed by atoms with Gasteiger partial charge in [0.15, 0.2) is 5.58 Å². The molecule has 1 aromatic heterocycles. The highest BCUT2D eigenvalue weighted by Crippen LogP contribution is 2.32. The second kappa shape index (κ2) is 6.50. The van der Waals surface area contributed by atoms with E-state index >= 15 is 0 Å². The molecule has 0 amide bonds. The summed E-state index contributed by atoms with van der Waals surface area (Å²) in [5.74, 6) is -0.225. The highest BCUT2D eigenvalue weighted by Gasteiger charge is 2.38. The van der Waals surface area contributed by atoms with E-state index < -0.39 is 15.6 Å². The van der Waals surface area contributed by atoms with Crippen LogP contribution in [0.3, 0.4) is 0 Å². The Morgan fingerprint density at radius 2 is 1.77 bits per heavy atom. The largest absolute Gasteiger partial charge is 0.376 e. The van der Waals surface area contributed by atoms with Crippen LogP contribution < -0.4 is 4.72 Å². The number of hydrogen-bond acceptors (Lipinski definition) is 5. The zero-order valence-corrected chi connectivity index (χ0v) is 15.3. The lowest BCUT2D eigenvalue weighted by Gasteiger charge is -2.27. The Morgan fingerprint density at radius 1 is 1.12 bits per heavy atom. The Morgan fingerprint density at radius 3 is 2.46 bits per heavy atom. The number of aromatic nitrogens is 1. The molecule has 0 spiro atoms. The molecule has 3 aromatic rings. The van der Waals surface area contributed by atoms with Crippen molar-refractivity contribution in [2.24, 2.45) is 0 Å². The van der Waals surface area contributed by atoms with Gasteiger partial charge in [-0.05, 0) is 23.3 Å². The van der Waals surface area contributed by atoms with Crippen LogP contribution in [-0.2, 0) is 33.4 Å². The molecule has 0 radical (unpaired) electrons. The SMILES string of the molecule is COC1(CNS(=O)(=O)Cc2noc3ccccc23)Cc2ccccc2C1. The van der Waals surface area contributed by atoms with Crippen molar-refractivity contribution in [2.45, 2.75) is 24.2 Å². The number of para-hydroxylation sites is 1. The summed E-state index contributed by atoms with van der Waals surface area (Å²) < 4.78 is 38.8. The number of sulfonamides is 1. The molecule has 4 rings (SSSR count). The van der Waals surface area contributed by atoms with E-state index in [2.05, 4.69) is 22.0 Å². The van der Waals surface area contributed by atoms with E-state index in [9.17, 15) is 8.42 Å². The molecule has 0 saturated carbocycles. The van der Waals surface area contributed by atoms with E-state index in [0.717, 1.165) is 0 Å². The van der Waals surface area contributed by atoms with Crippen molar-refractivity contribution < 1.29 is 17.7 Å². The van der Waals surface area contributed by atoms with Crippen LogP contribution in [0.1, 0.15) is 16.8 Å². The van der Waals surface area contributed by atoms with Crippen molar-refractivity contribution in [3.8, 4) is 0 Å². The number of rotatable bonds is 6. The van der Waals surface area contributed by atoms with Crippen molar-refractivity contribution >= 4 is 21.0 Å². The average Bonchev–Trinajstić information content (AvgIpc) is 3.22. The van der Waals surface area contributed by atoms with Gasteiger partial charge in [-0.1, -0.05) is 41.6 Å². The smallest absolute Gasteiger partial charge is 0.217 e. The molecule has 136 valence electrons. The van der Waals surface area contributed by atoms with Gasteiger partial charge < -0.3 is 9.26 Å². The van der Waals surface area contributed by atoms with E-state index in [1.54, 1.807) is 19.2 Å². The minimum atomic E-state index is -3.57. The normalized spacial score (nSPS) is 16.0. The van der Waals surface area contributed by atoms with Gasteiger partial charge in [-0.2, -0.15) is 0 Å². The summed E-state index contributed by atoms with van der Waals surface area (Å²) in [5.41, 5.74) is 2.85. The van der Waals surface area contributed by atoms with Gasteiger partial charge in [0.2, 0.25) is 10.0 Å². The van der Waals surface area contributed by atoms with Crippen LogP contribution >= 0.6 is 0 Å². The zero-order valence-electron chi connectivity index (χ0n) is 14.4. The molecule has 0 unspecified atom stereocenters. The molecule has 1 N–H and O–H groups in total. The third-order valence-corrected chi connectivity index (χ3v) is 6.21. The van der Waals surface area contributed by atoms with E-state index in [1.165, 1.54) is 11.1 Å². The number of hydrogen-bond donors (Lipinski definition) is 1. The second-order valence-electron chi connectivity index (χ2n) is 6.72. The van der Waals surface area contributed by atoms with Gasteiger partial charge in [-0.3, -0.25) is 0 Å². The molecule has 1 aliphatic rings. The van der Waals surface area contributed by atoms with E-state index in [-0.39, 0.29) is 12.3 Å². The Balaban J connectivity index is 1.48. The predicted octanol–water partition coefficient (Wildman–Crippen LogP) is 2.43. The average molecular weight is 372 g/mol. The predicted molar refractivity (Wildman–Crippen MR) is 98.2 cm³/mol. The maximum atomic E-state index is 12.6. The lowest BCUT2D eigenvalue weighted by atomic mass is 10.0. The Kier molecular flexibility index (Phi) is 4.30. The number of ether oxygens (including phenoxy) is 1. The number of methoxy groups -OCH3 is 1. The second-order valence-corrected chi connectivity index (χ2v) is 8.52. The molecular weight excluding hydrogens is 352 g/mol. The summed E-state index contributed by atoms with van der Waals surface area (Å²) in [6.07, 6.45) is 1.38. The first-order valence-electron chi connectivity index (χ1n) is 8.43. The lowest BCUT2D eigenvalue weighted by molar-refractivity contribution is 0.00377. The minimum absolute atomic E-state index is 0.219. The standard InChI is InChI=1S/C19H20N2O4S/c1-24-19(10-14-6-2-3-7-15(14)11-19)13-20-26(22,23)12-17-16-8-4-5-9-18(16)25-21-17/h2-9,20H,10-13H2,1H3. The molecule has 26 heavy (non-hydrogen) atoms. The summed E-state index contributed by atoms with van der Waals surface area (Å²) in [4.78, 5) is 0. The van der Waals surface area contributed by atoms with Crippen molar-refractivity contribution in [1.29, 1.82) is 0 Å². The maximum Gasteiger partial charge on any atom is 0.217 e. The van der Waals surface area contributed by atoms with Gasteiger partial charge in [-0.15, -0.1) is 0 Å². The molecule has 1 heterocycles. The van der Waals surface area contributed by atoms with Crippen molar-refractivity contribution in [2.75, 3.05) is 13.7 Å². The van der Waals surface area contributed by atoms with Crippen molar-refractivity contribution in [1.82, 2.24) is 9.88 Å². The van der Waals surface area contributed by atoms with Gasteiger partial charge in [0, 0.05) is 31.9 Å². The first-order valence-corrected chi connectivity index (χ1v) is 10.1. The third kappa shape index (κ3) is 3.25.